The van der Waals surface area contributed by atoms with Crippen molar-refractivity contribution < 1.29 is 13.5 Å². The second kappa shape index (κ2) is 4.91. The molecule has 1 fully saturated rings. The fourth-order valence-corrected chi connectivity index (χ4v) is 7.95. The van der Waals surface area contributed by atoms with Crippen LogP contribution in [-0.2, 0) is 22.7 Å². The highest BCUT2D eigenvalue weighted by atomic mass is 32.2. The minimum atomic E-state index is -3.13. The van der Waals surface area contributed by atoms with Gasteiger partial charge < -0.3 is 5.11 Å². The Hall–Kier alpha value is -0.700. The molecule has 112 valence electrons. The number of aromatic nitrogens is 2. The molecule has 1 aliphatic heterocycles. The number of aliphatic hydroxyl groups is 1. The average Bonchev–Trinajstić information content (AvgIpc) is 3.02. The summed E-state index contributed by atoms with van der Waals surface area (Å²) in [6.07, 6.45) is 4.03. The van der Waals surface area contributed by atoms with E-state index in [1.54, 1.807) is 11.3 Å². The maximum Gasteiger partial charge on any atom is 0.154 e. The molecule has 2 atom stereocenters. The Balaban J connectivity index is 1.74. The minimum Gasteiger partial charge on any atom is -0.391 e. The average molecular weight is 342 g/mol. The first-order chi connectivity index (χ1) is 10.0. The Morgan fingerprint density at radius 3 is 2.90 bits per heavy atom. The third-order valence-corrected chi connectivity index (χ3v) is 8.45. The van der Waals surface area contributed by atoms with E-state index in [4.69, 9.17) is 0 Å². The lowest BCUT2D eigenvalue weighted by molar-refractivity contribution is 0.207. The lowest BCUT2D eigenvalue weighted by Gasteiger charge is -2.12. The number of fused-ring (bicyclic) bond motifs is 3. The highest BCUT2D eigenvalue weighted by Gasteiger charge is 2.38. The Bertz CT molecular complexity index is 815. The zero-order valence-electron chi connectivity index (χ0n) is 11.2. The first kappa shape index (κ1) is 13.9. The van der Waals surface area contributed by atoms with Crippen LogP contribution >= 0.6 is 23.1 Å². The Morgan fingerprint density at radius 1 is 1.29 bits per heavy atom. The van der Waals surface area contributed by atoms with Gasteiger partial charge in [0.1, 0.15) is 16.2 Å². The van der Waals surface area contributed by atoms with Gasteiger partial charge >= 0.3 is 0 Å². The second-order valence-corrected chi connectivity index (χ2v) is 9.98. The van der Waals surface area contributed by atoms with E-state index in [9.17, 15) is 13.5 Å². The van der Waals surface area contributed by atoms with Crippen molar-refractivity contribution in [2.24, 2.45) is 0 Å². The van der Waals surface area contributed by atoms with E-state index in [1.165, 1.54) is 28.5 Å². The van der Waals surface area contributed by atoms with Crippen molar-refractivity contribution in [2.75, 3.05) is 11.5 Å². The van der Waals surface area contributed by atoms with Gasteiger partial charge in [-0.25, -0.2) is 18.4 Å². The molecule has 1 N–H and O–H groups in total. The number of rotatable bonds is 2. The number of aryl methyl sites for hydroxylation is 2. The smallest absolute Gasteiger partial charge is 0.154 e. The summed E-state index contributed by atoms with van der Waals surface area (Å²) in [6.45, 7) is 0. The number of thioether (sulfide) groups is 1. The third-order valence-electron chi connectivity index (χ3n) is 4.00. The fraction of sp³-hybridized carbons (Fsp3) is 0.538. The molecule has 2 aliphatic rings. The predicted molar refractivity (Wildman–Crippen MR) is 83.7 cm³/mol. The van der Waals surface area contributed by atoms with E-state index in [2.05, 4.69) is 9.97 Å². The highest BCUT2D eigenvalue weighted by Crippen LogP contribution is 2.42. The Morgan fingerprint density at radius 2 is 2.14 bits per heavy atom. The topological polar surface area (TPSA) is 80.2 Å². The third kappa shape index (κ3) is 2.38. The van der Waals surface area contributed by atoms with Crippen molar-refractivity contribution >= 4 is 43.2 Å². The molecule has 2 aromatic heterocycles. The Labute approximate surface area is 130 Å². The second-order valence-electron chi connectivity index (χ2n) is 5.52. The lowest BCUT2D eigenvalue weighted by Crippen LogP contribution is -2.20. The van der Waals surface area contributed by atoms with Crippen LogP contribution in [0.2, 0.25) is 0 Å². The monoisotopic (exact) mass is 342 g/mol. The van der Waals surface area contributed by atoms with Crippen molar-refractivity contribution in [1.82, 2.24) is 9.97 Å². The van der Waals surface area contributed by atoms with Gasteiger partial charge in [0.25, 0.3) is 0 Å². The summed E-state index contributed by atoms with van der Waals surface area (Å²) in [5.74, 6) is -0.114. The molecule has 0 spiro atoms. The molecule has 0 saturated carbocycles. The van der Waals surface area contributed by atoms with Crippen molar-refractivity contribution in [3.8, 4) is 0 Å². The van der Waals surface area contributed by atoms with Gasteiger partial charge in [-0.15, -0.1) is 11.3 Å². The molecular weight excluding hydrogens is 328 g/mol. The van der Waals surface area contributed by atoms with Gasteiger partial charge in [0.2, 0.25) is 0 Å². The molecule has 5 nitrogen and oxygen atoms in total. The minimum absolute atomic E-state index is 0.0245. The SMILES string of the molecule is O=S1(=O)C[C@@H](O)[C@@H](Sc2ncnc3sc4c(c23)CCC4)C1. The number of thiophene rings is 1. The molecule has 3 heterocycles. The molecule has 1 saturated heterocycles. The van der Waals surface area contributed by atoms with Gasteiger partial charge in [0.15, 0.2) is 9.84 Å². The van der Waals surface area contributed by atoms with Crippen LogP contribution < -0.4 is 0 Å². The molecule has 4 rings (SSSR count). The van der Waals surface area contributed by atoms with E-state index >= 15 is 0 Å². The van der Waals surface area contributed by atoms with Crippen LogP contribution in [0.4, 0.5) is 0 Å². The summed E-state index contributed by atoms with van der Waals surface area (Å²) in [4.78, 5) is 11.1. The molecule has 1 aliphatic carbocycles. The van der Waals surface area contributed by atoms with Gasteiger partial charge in [0, 0.05) is 10.3 Å². The molecule has 2 aromatic rings. The zero-order chi connectivity index (χ0) is 14.6. The maximum atomic E-state index is 11.6. The molecule has 0 aromatic carbocycles. The van der Waals surface area contributed by atoms with Crippen molar-refractivity contribution in [2.45, 2.75) is 35.6 Å². The summed E-state index contributed by atoms with van der Waals surface area (Å²) in [6, 6.07) is 0. The van der Waals surface area contributed by atoms with Crippen LogP contribution in [-0.4, -0.2) is 46.4 Å². The van der Waals surface area contributed by atoms with Crippen molar-refractivity contribution in [1.29, 1.82) is 0 Å². The molecule has 8 heteroatoms. The molecule has 0 radical (unpaired) electrons. The summed E-state index contributed by atoms with van der Waals surface area (Å²) >= 11 is 3.10. The van der Waals surface area contributed by atoms with Crippen LogP contribution in [0.3, 0.4) is 0 Å². The number of sulfone groups is 1. The first-order valence-electron chi connectivity index (χ1n) is 6.84. The molecular formula is C13H14N2O3S3. The van der Waals surface area contributed by atoms with Crippen molar-refractivity contribution in [3.05, 3.63) is 16.8 Å². The molecule has 0 bridgehead atoms. The van der Waals surface area contributed by atoms with Gasteiger partial charge in [-0.05, 0) is 24.8 Å². The maximum absolute atomic E-state index is 11.6. The van der Waals surface area contributed by atoms with E-state index in [0.717, 1.165) is 34.5 Å². The van der Waals surface area contributed by atoms with Gasteiger partial charge in [-0.2, -0.15) is 0 Å². The van der Waals surface area contributed by atoms with E-state index in [-0.39, 0.29) is 16.8 Å². The quantitative estimate of drug-likeness (QED) is 0.832. The van der Waals surface area contributed by atoms with E-state index < -0.39 is 15.9 Å². The molecule has 0 amide bonds. The number of hydrogen-bond donors (Lipinski definition) is 1. The van der Waals surface area contributed by atoms with Gasteiger partial charge in [0.05, 0.1) is 22.9 Å². The van der Waals surface area contributed by atoms with Crippen LogP contribution in [0.5, 0.6) is 0 Å². The number of nitrogens with zero attached hydrogens (tertiary/aromatic N) is 2. The summed E-state index contributed by atoms with van der Waals surface area (Å²) in [5.41, 5.74) is 1.33. The van der Waals surface area contributed by atoms with Crippen molar-refractivity contribution in [3.63, 3.8) is 0 Å². The lowest BCUT2D eigenvalue weighted by atomic mass is 10.2. The van der Waals surface area contributed by atoms with Gasteiger partial charge in [-0.3, -0.25) is 0 Å². The fourth-order valence-electron chi connectivity index (χ4n) is 3.04. The van der Waals surface area contributed by atoms with Crippen LogP contribution in [0, 0.1) is 0 Å². The highest BCUT2D eigenvalue weighted by molar-refractivity contribution is 8.02. The molecule has 0 unspecified atom stereocenters. The van der Waals surface area contributed by atoms with Crippen LogP contribution in [0.25, 0.3) is 10.2 Å². The van der Waals surface area contributed by atoms with Crippen LogP contribution in [0.15, 0.2) is 11.4 Å². The first-order valence-corrected chi connectivity index (χ1v) is 10.4. The van der Waals surface area contributed by atoms with E-state index in [1.807, 2.05) is 0 Å². The normalized spacial score (nSPS) is 27.3. The summed E-state index contributed by atoms with van der Waals surface area (Å²) in [7, 11) is -3.13. The Kier molecular flexibility index (Phi) is 3.25. The predicted octanol–water partition coefficient (Wildman–Crippen LogP) is 1.43. The standard InChI is InChI=1S/C13H14N2O3S3/c16-8-4-21(17,18)5-10(8)20-13-11-7-2-1-3-9(7)19-12(11)14-6-15-13/h6,8,10,16H,1-5H2/t8-,10+/m1/s1. The largest absolute Gasteiger partial charge is 0.391 e. The molecule has 21 heavy (non-hydrogen) atoms. The van der Waals surface area contributed by atoms with Crippen LogP contribution in [0.1, 0.15) is 16.9 Å². The summed E-state index contributed by atoms with van der Waals surface area (Å²) < 4.78 is 23.3. The number of hydrogen-bond acceptors (Lipinski definition) is 7. The van der Waals surface area contributed by atoms with Gasteiger partial charge in [-0.1, -0.05) is 11.8 Å². The summed E-state index contributed by atoms with van der Waals surface area (Å²) in [5, 5.41) is 11.5. The number of aliphatic hydroxyl groups excluding tert-OH is 1. The zero-order valence-corrected chi connectivity index (χ0v) is 13.6. The van der Waals surface area contributed by atoms with E-state index in [0.29, 0.717) is 0 Å².